The average Bonchev–Trinajstić information content (AvgIpc) is 3.07. The highest BCUT2D eigenvalue weighted by molar-refractivity contribution is 7.94. The summed E-state index contributed by atoms with van der Waals surface area (Å²) in [6.07, 6.45) is -2.36. The SMILES string of the molecule is CC(C)(C)C1(S(=O)(=O)C(C)(C)COC(F)(F)CN)CC1. The van der Waals surface area contributed by atoms with Crippen molar-refractivity contribution in [1.29, 1.82) is 0 Å². The lowest BCUT2D eigenvalue weighted by Gasteiger charge is -2.38. The second kappa shape index (κ2) is 4.88. The molecule has 0 radical (unpaired) electrons. The smallest absolute Gasteiger partial charge is 0.323 e. The predicted molar refractivity (Wildman–Crippen MR) is 74.4 cm³/mol. The van der Waals surface area contributed by atoms with Gasteiger partial charge in [-0.2, -0.15) is 8.78 Å². The number of hydrogen-bond acceptors (Lipinski definition) is 4. The lowest BCUT2D eigenvalue weighted by molar-refractivity contribution is -0.232. The van der Waals surface area contributed by atoms with Crippen LogP contribution in [0.15, 0.2) is 0 Å². The summed E-state index contributed by atoms with van der Waals surface area (Å²) in [4.78, 5) is 0. The fraction of sp³-hybridized carbons (Fsp3) is 1.00. The minimum atomic E-state index is -3.61. The van der Waals surface area contributed by atoms with E-state index in [0.29, 0.717) is 12.8 Å². The molecule has 0 heterocycles. The quantitative estimate of drug-likeness (QED) is 0.817. The molecule has 0 aliphatic heterocycles. The Bertz CT molecular complexity index is 462. The first-order valence-corrected chi connectivity index (χ1v) is 8.17. The summed E-state index contributed by atoms with van der Waals surface area (Å²) in [6.45, 7) is 6.92. The maximum Gasteiger partial charge on any atom is 0.367 e. The van der Waals surface area contributed by atoms with Gasteiger partial charge in [0.2, 0.25) is 0 Å². The van der Waals surface area contributed by atoms with Crippen molar-refractivity contribution in [3.8, 4) is 0 Å². The second-order valence-electron chi connectivity index (χ2n) is 7.14. The fourth-order valence-electron chi connectivity index (χ4n) is 2.48. The Morgan fingerprint density at radius 2 is 1.60 bits per heavy atom. The first-order chi connectivity index (χ1) is 8.72. The van der Waals surface area contributed by atoms with E-state index in [4.69, 9.17) is 5.73 Å². The summed E-state index contributed by atoms with van der Waals surface area (Å²) in [5.74, 6) is 0. The van der Waals surface area contributed by atoms with Crippen LogP contribution in [0, 0.1) is 5.41 Å². The molecule has 1 aliphatic carbocycles. The lowest BCUT2D eigenvalue weighted by Crippen LogP contribution is -2.51. The van der Waals surface area contributed by atoms with Crippen LogP contribution in [0.25, 0.3) is 0 Å². The molecule has 0 spiro atoms. The van der Waals surface area contributed by atoms with Gasteiger partial charge in [-0.05, 0) is 32.1 Å². The molecule has 0 amide bonds. The van der Waals surface area contributed by atoms with Gasteiger partial charge in [-0.1, -0.05) is 20.8 Å². The van der Waals surface area contributed by atoms with Crippen molar-refractivity contribution < 1.29 is 21.9 Å². The second-order valence-corrected chi connectivity index (χ2v) is 10.0. The Kier molecular flexibility index (Phi) is 4.34. The van der Waals surface area contributed by atoms with Crippen LogP contribution in [-0.4, -0.2) is 37.2 Å². The first kappa shape index (κ1) is 17.8. The van der Waals surface area contributed by atoms with E-state index < -0.39 is 44.0 Å². The monoisotopic (exact) mass is 313 g/mol. The van der Waals surface area contributed by atoms with Crippen molar-refractivity contribution >= 4 is 9.84 Å². The number of rotatable bonds is 6. The summed E-state index contributed by atoms with van der Waals surface area (Å²) >= 11 is 0. The molecular formula is C13H25F2NO3S. The van der Waals surface area contributed by atoms with Crippen LogP contribution in [-0.2, 0) is 14.6 Å². The summed E-state index contributed by atoms with van der Waals surface area (Å²) in [5.41, 5.74) is 4.46. The lowest BCUT2D eigenvalue weighted by atomic mass is 9.89. The van der Waals surface area contributed by atoms with E-state index in [1.54, 1.807) is 0 Å². The molecule has 1 fully saturated rings. The largest absolute Gasteiger partial charge is 0.367 e. The summed E-state index contributed by atoms with van der Waals surface area (Å²) in [7, 11) is -3.61. The van der Waals surface area contributed by atoms with Crippen LogP contribution in [0.4, 0.5) is 8.78 Å². The molecule has 1 rings (SSSR count). The van der Waals surface area contributed by atoms with Gasteiger partial charge in [-0.3, -0.25) is 0 Å². The van der Waals surface area contributed by atoms with Crippen molar-refractivity contribution in [3.05, 3.63) is 0 Å². The molecule has 0 unspecified atom stereocenters. The Morgan fingerprint density at radius 1 is 1.15 bits per heavy atom. The van der Waals surface area contributed by atoms with Gasteiger partial charge >= 0.3 is 6.11 Å². The number of alkyl halides is 2. The van der Waals surface area contributed by atoms with Crippen molar-refractivity contribution in [2.45, 2.75) is 63.1 Å². The highest BCUT2D eigenvalue weighted by atomic mass is 32.2. The standard InChI is InChI=1S/C13H25F2NO3S/c1-10(2,3)12(6-7-12)20(17,18)11(4,5)9-19-13(14,15)8-16/h6-9,16H2,1-5H3. The van der Waals surface area contributed by atoms with Crippen LogP contribution in [0.5, 0.6) is 0 Å². The minimum Gasteiger partial charge on any atom is -0.323 e. The third kappa shape index (κ3) is 2.85. The number of hydrogen-bond donors (Lipinski definition) is 1. The third-order valence-corrected chi connectivity index (χ3v) is 7.80. The maximum absolute atomic E-state index is 13.1. The minimum absolute atomic E-state index is 0.431. The van der Waals surface area contributed by atoms with Crippen molar-refractivity contribution in [2.24, 2.45) is 11.1 Å². The van der Waals surface area contributed by atoms with Gasteiger partial charge in [0.25, 0.3) is 0 Å². The Balaban J connectivity index is 2.98. The van der Waals surface area contributed by atoms with Crippen molar-refractivity contribution in [2.75, 3.05) is 13.2 Å². The van der Waals surface area contributed by atoms with E-state index in [1.807, 2.05) is 20.8 Å². The molecule has 0 aromatic rings. The van der Waals surface area contributed by atoms with Crippen LogP contribution in [0.2, 0.25) is 0 Å². The summed E-state index contributed by atoms with van der Waals surface area (Å²) in [6, 6.07) is 0. The Hall–Kier alpha value is -0.270. The normalized spacial score (nSPS) is 20.0. The van der Waals surface area contributed by atoms with E-state index in [-0.39, 0.29) is 0 Å². The highest BCUT2D eigenvalue weighted by Gasteiger charge is 2.65. The van der Waals surface area contributed by atoms with Gasteiger partial charge in [0.15, 0.2) is 9.84 Å². The van der Waals surface area contributed by atoms with Crippen molar-refractivity contribution in [3.63, 3.8) is 0 Å². The Labute approximate surface area is 120 Å². The zero-order chi connectivity index (χ0) is 16.0. The molecule has 2 N–H and O–H groups in total. The molecule has 0 bridgehead atoms. The summed E-state index contributed by atoms with van der Waals surface area (Å²) in [5, 5.41) is 0. The first-order valence-electron chi connectivity index (χ1n) is 6.68. The average molecular weight is 313 g/mol. The van der Waals surface area contributed by atoms with E-state index in [1.165, 1.54) is 13.8 Å². The molecule has 120 valence electrons. The molecule has 0 aromatic carbocycles. The molecule has 0 aromatic heterocycles. The molecule has 7 heteroatoms. The van der Waals surface area contributed by atoms with Gasteiger partial charge in [0, 0.05) is 0 Å². The predicted octanol–water partition coefficient (Wildman–Crippen LogP) is 2.33. The van der Waals surface area contributed by atoms with Gasteiger partial charge in [-0.25, -0.2) is 8.42 Å². The molecule has 20 heavy (non-hydrogen) atoms. The number of sulfone groups is 1. The molecule has 0 atom stereocenters. The molecule has 1 saturated carbocycles. The Morgan fingerprint density at radius 3 is 1.90 bits per heavy atom. The van der Waals surface area contributed by atoms with Gasteiger partial charge < -0.3 is 10.5 Å². The van der Waals surface area contributed by atoms with E-state index in [0.717, 1.165) is 0 Å². The number of halogens is 2. The molecule has 4 nitrogen and oxygen atoms in total. The highest BCUT2D eigenvalue weighted by Crippen LogP contribution is 2.58. The van der Waals surface area contributed by atoms with Gasteiger partial charge in [0.1, 0.15) is 0 Å². The van der Waals surface area contributed by atoms with Crippen LogP contribution >= 0.6 is 0 Å². The molecule has 0 saturated heterocycles. The van der Waals surface area contributed by atoms with Gasteiger partial charge in [-0.15, -0.1) is 0 Å². The van der Waals surface area contributed by atoms with E-state index in [9.17, 15) is 17.2 Å². The van der Waals surface area contributed by atoms with Crippen LogP contribution in [0.1, 0.15) is 47.5 Å². The fourth-order valence-corrected chi connectivity index (χ4v) is 5.20. The zero-order valence-electron chi connectivity index (χ0n) is 12.8. The summed E-state index contributed by atoms with van der Waals surface area (Å²) < 4.78 is 54.0. The number of ether oxygens (including phenoxy) is 1. The topological polar surface area (TPSA) is 69.4 Å². The maximum atomic E-state index is 13.1. The zero-order valence-corrected chi connectivity index (χ0v) is 13.6. The van der Waals surface area contributed by atoms with Gasteiger partial charge in [0.05, 0.1) is 22.6 Å². The molecule has 1 aliphatic rings. The van der Waals surface area contributed by atoms with E-state index in [2.05, 4.69) is 4.74 Å². The van der Waals surface area contributed by atoms with Crippen molar-refractivity contribution in [1.82, 2.24) is 0 Å². The number of nitrogens with two attached hydrogens (primary N) is 1. The van der Waals surface area contributed by atoms with E-state index >= 15 is 0 Å². The van der Waals surface area contributed by atoms with Crippen LogP contribution in [0.3, 0.4) is 0 Å². The third-order valence-electron chi connectivity index (χ3n) is 4.18. The molecular weight excluding hydrogens is 288 g/mol. The van der Waals surface area contributed by atoms with Crippen LogP contribution < -0.4 is 5.73 Å².